The summed E-state index contributed by atoms with van der Waals surface area (Å²) in [6.45, 7) is 2.37. The first-order valence-corrected chi connectivity index (χ1v) is 13.2. The normalized spacial score (nSPS) is 21.0. The molecule has 2 saturated carbocycles. The van der Waals surface area contributed by atoms with E-state index in [1.807, 2.05) is 31.2 Å². The van der Waals surface area contributed by atoms with E-state index < -0.39 is 0 Å². The van der Waals surface area contributed by atoms with Crippen LogP contribution < -0.4 is 15.4 Å². The number of nitrogens with zero attached hydrogens (tertiary/aromatic N) is 1. The lowest BCUT2D eigenvalue weighted by Gasteiger charge is -2.32. The smallest absolute Gasteiger partial charge is 0.271 e. The number of thiazole rings is 1. The molecular weight excluding hydrogens is 434 g/mol. The summed E-state index contributed by atoms with van der Waals surface area (Å²) in [6.07, 6.45) is 10.7. The van der Waals surface area contributed by atoms with Crippen LogP contribution in [0, 0.1) is 12.8 Å². The van der Waals surface area contributed by atoms with E-state index in [4.69, 9.17) is 4.74 Å². The number of ether oxygens (including phenoxy) is 1. The molecule has 0 aliphatic heterocycles. The monoisotopic (exact) mass is 469 g/mol. The van der Waals surface area contributed by atoms with Gasteiger partial charge in [0.2, 0.25) is 5.91 Å². The van der Waals surface area contributed by atoms with Crippen LogP contribution in [0.1, 0.15) is 85.3 Å². The molecule has 2 aliphatic rings. The Kier molecular flexibility index (Phi) is 8.37. The molecule has 1 aromatic carbocycles. The van der Waals surface area contributed by atoms with Gasteiger partial charge in [-0.3, -0.25) is 9.59 Å². The summed E-state index contributed by atoms with van der Waals surface area (Å²) >= 11 is 1.43. The van der Waals surface area contributed by atoms with Gasteiger partial charge >= 0.3 is 0 Å². The van der Waals surface area contributed by atoms with Gasteiger partial charge in [-0.25, -0.2) is 4.98 Å². The van der Waals surface area contributed by atoms with E-state index in [9.17, 15) is 9.59 Å². The minimum atomic E-state index is -0.176. The molecule has 0 bridgehead atoms. The van der Waals surface area contributed by atoms with Crippen molar-refractivity contribution in [2.45, 2.75) is 89.8 Å². The van der Waals surface area contributed by atoms with Crippen molar-refractivity contribution in [3.8, 4) is 5.75 Å². The Morgan fingerprint density at radius 2 is 1.67 bits per heavy atom. The molecule has 1 aromatic heterocycles. The predicted molar refractivity (Wildman–Crippen MR) is 130 cm³/mol. The van der Waals surface area contributed by atoms with E-state index in [2.05, 4.69) is 15.6 Å². The molecule has 6 nitrogen and oxygen atoms in total. The zero-order chi connectivity index (χ0) is 23.0. The number of benzene rings is 1. The van der Waals surface area contributed by atoms with Crippen molar-refractivity contribution in [1.82, 2.24) is 15.6 Å². The van der Waals surface area contributed by atoms with Gasteiger partial charge < -0.3 is 15.4 Å². The molecule has 2 N–H and O–H groups in total. The van der Waals surface area contributed by atoms with Crippen molar-refractivity contribution in [2.75, 3.05) is 0 Å². The number of aryl methyl sites for hydroxylation is 1. The molecule has 178 valence electrons. The second-order valence-corrected chi connectivity index (χ2v) is 10.4. The van der Waals surface area contributed by atoms with Gasteiger partial charge in [0.25, 0.3) is 5.91 Å². The highest BCUT2D eigenvalue weighted by molar-refractivity contribution is 7.09. The Balaban J connectivity index is 1.26. The third-order valence-corrected chi connectivity index (χ3v) is 7.67. The van der Waals surface area contributed by atoms with Gasteiger partial charge in [0.15, 0.2) is 0 Å². The first-order valence-electron chi connectivity index (χ1n) is 12.3. The molecule has 2 atom stereocenters. The van der Waals surface area contributed by atoms with Gasteiger partial charge in [-0.2, -0.15) is 0 Å². The number of carbonyl (C=O) groups excluding carboxylic acids is 2. The Labute approximate surface area is 200 Å². The molecule has 33 heavy (non-hydrogen) atoms. The lowest BCUT2D eigenvalue weighted by atomic mass is 9.90. The van der Waals surface area contributed by atoms with Gasteiger partial charge in [0.1, 0.15) is 23.1 Å². The number of amides is 2. The van der Waals surface area contributed by atoms with Crippen molar-refractivity contribution < 1.29 is 14.3 Å². The van der Waals surface area contributed by atoms with E-state index in [1.165, 1.54) is 42.6 Å². The minimum absolute atomic E-state index is 0.00162. The zero-order valence-corrected chi connectivity index (χ0v) is 20.3. The summed E-state index contributed by atoms with van der Waals surface area (Å²) in [4.78, 5) is 29.8. The van der Waals surface area contributed by atoms with Crippen LogP contribution in [-0.4, -0.2) is 28.9 Å². The lowest BCUT2D eigenvalue weighted by Crippen LogP contribution is -2.53. The van der Waals surface area contributed by atoms with E-state index in [0.717, 1.165) is 42.9 Å². The van der Waals surface area contributed by atoms with Crippen LogP contribution in [0.3, 0.4) is 0 Å². The van der Waals surface area contributed by atoms with E-state index in [0.29, 0.717) is 24.6 Å². The summed E-state index contributed by atoms with van der Waals surface area (Å²) in [5.74, 6) is 1.45. The van der Waals surface area contributed by atoms with Gasteiger partial charge in [-0.05, 0) is 44.2 Å². The molecule has 4 rings (SSSR count). The Hall–Kier alpha value is -2.41. The van der Waals surface area contributed by atoms with Crippen LogP contribution in [0.25, 0.3) is 0 Å². The number of aromatic nitrogens is 1. The van der Waals surface area contributed by atoms with Crippen molar-refractivity contribution in [3.63, 3.8) is 0 Å². The van der Waals surface area contributed by atoms with Crippen molar-refractivity contribution in [1.29, 1.82) is 0 Å². The molecule has 7 heteroatoms. The average Bonchev–Trinajstić information content (AvgIpc) is 3.51. The summed E-state index contributed by atoms with van der Waals surface area (Å²) < 4.78 is 5.78. The number of rotatable bonds is 9. The minimum Gasteiger partial charge on any atom is -0.486 e. The Morgan fingerprint density at radius 3 is 2.39 bits per heavy atom. The first kappa shape index (κ1) is 23.7. The van der Waals surface area contributed by atoms with Crippen LogP contribution in [0.5, 0.6) is 5.75 Å². The number of hydrogen-bond acceptors (Lipinski definition) is 5. The number of hydrogen-bond donors (Lipinski definition) is 2. The second kappa shape index (κ2) is 11.6. The predicted octanol–water partition coefficient (Wildman–Crippen LogP) is 5.16. The number of carbonyl (C=O) groups is 2. The first-order chi connectivity index (χ1) is 16.1. The molecule has 2 aromatic rings. The fourth-order valence-corrected chi connectivity index (χ4v) is 5.58. The van der Waals surface area contributed by atoms with Gasteiger partial charge in [0, 0.05) is 23.9 Å². The summed E-state index contributed by atoms with van der Waals surface area (Å²) in [7, 11) is 0. The molecule has 0 saturated heterocycles. The van der Waals surface area contributed by atoms with Crippen LogP contribution in [0.4, 0.5) is 0 Å². The largest absolute Gasteiger partial charge is 0.486 e. The molecule has 0 radical (unpaired) electrons. The third-order valence-electron chi connectivity index (χ3n) is 6.85. The quantitative estimate of drug-likeness (QED) is 0.532. The van der Waals surface area contributed by atoms with Crippen LogP contribution >= 0.6 is 11.3 Å². The van der Waals surface area contributed by atoms with Crippen LogP contribution in [0.2, 0.25) is 0 Å². The summed E-state index contributed by atoms with van der Waals surface area (Å²) in [5.41, 5.74) is 1.60. The molecule has 2 amide bonds. The van der Waals surface area contributed by atoms with E-state index in [1.54, 1.807) is 5.38 Å². The molecular formula is C26H35N3O3S. The maximum atomic E-state index is 12.8. The van der Waals surface area contributed by atoms with Crippen molar-refractivity contribution >= 4 is 23.2 Å². The summed E-state index contributed by atoms with van der Waals surface area (Å²) in [6, 6.07) is 7.83. The van der Waals surface area contributed by atoms with Gasteiger partial charge in [-0.1, -0.05) is 56.2 Å². The molecule has 1 heterocycles. The molecule has 2 aliphatic carbocycles. The van der Waals surface area contributed by atoms with E-state index in [-0.39, 0.29) is 23.9 Å². The Bertz CT molecular complexity index is 921. The summed E-state index contributed by atoms with van der Waals surface area (Å²) in [5, 5.41) is 8.88. The molecule has 0 spiro atoms. The standard InChI is InChI=1S/C26H35N3O3S/c1-18-10-13-20(14-11-18)32-16-25-28-23(17-33-25)26(31)29-22-9-5-4-8-21(22)27-24(30)15-12-19-6-2-3-7-19/h10-11,13-14,17,19,21-22H,2-9,12,15-16H2,1H3,(H,27,30)(H,29,31)/t21-,22+/m1/s1. The van der Waals surface area contributed by atoms with Crippen LogP contribution in [0.15, 0.2) is 29.6 Å². The fraction of sp³-hybridized carbons (Fsp3) is 0.577. The molecule has 0 unspecified atom stereocenters. The van der Waals surface area contributed by atoms with Gasteiger partial charge in [-0.15, -0.1) is 11.3 Å². The second-order valence-electron chi connectivity index (χ2n) is 9.46. The van der Waals surface area contributed by atoms with Crippen molar-refractivity contribution in [3.05, 3.63) is 45.9 Å². The fourth-order valence-electron chi connectivity index (χ4n) is 4.89. The topological polar surface area (TPSA) is 80.3 Å². The maximum absolute atomic E-state index is 12.8. The Morgan fingerprint density at radius 1 is 1.00 bits per heavy atom. The van der Waals surface area contributed by atoms with Crippen molar-refractivity contribution in [2.24, 2.45) is 5.92 Å². The SMILES string of the molecule is Cc1ccc(OCc2nc(C(=O)N[C@H]3CCCC[C@H]3NC(=O)CCC3CCCC3)cs2)cc1. The highest BCUT2D eigenvalue weighted by atomic mass is 32.1. The highest BCUT2D eigenvalue weighted by Crippen LogP contribution is 2.28. The zero-order valence-electron chi connectivity index (χ0n) is 19.5. The highest BCUT2D eigenvalue weighted by Gasteiger charge is 2.29. The average molecular weight is 470 g/mol. The van der Waals surface area contributed by atoms with Gasteiger partial charge in [0.05, 0.1) is 0 Å². The maximum Gasteiger partial charge on any atom is 0.271 e. The number of nitrogens with one attached hydrogen (secondary N) is 2. The third kappa shape index (κ3) is 7.03. The lowest BCUT2D eigenvalue weighted by molar-refractivity contribution is -0.122. The van der Waals surface area contributed by atoms with E-state index >= 15 is 0 Å². The van der Waals surface area contributed by atoms with Crippen LogP contribution in [-0.2, 0) is 11.4 Å². The molecule has 2 fully saturated rings.